The lowest BCUT2D eigenvalue weighted by atomic mass is 10.4. The fourth-order valence-corrected chi connectivity index (χ4v) is 2.74. The molecule has 88 valence electrons. The first-order valence-corrected chi connectivity index (χ1v) is 7.10. The van der Waals surface area contributed by atoms with E-state index in [0.29, 0.717) is 0 Å². The number of hydrogen-bond acceptors (Lipinski definition) is 6. The van der Waals surface area contributed by atoms with Crippen molar-refractivity contribution in [1.29, 1.82) is 0 Å². The zero-order chi connectivity index (χ0) is 12.4. The van der Waals surface area contributed by atoms with E-state index in [4.69, 9.17) is 24.5 Å². The Hall–Kier alpha value is -0.720. The summed E-state index contributed by atoms with van der Waals surface area (Å²) in [6, 6.07) is 2.76. The van der Waals surface area contributed by atoms with Crippen molar-refractivity contribution in [3.8, 4) is 0 Å². The van der Waals surface area contributed by atoms with Crippen molar-refractivity contribution in [2.24, 2.45) is 4.99 Å². The molecule has 1 heterocycles. The molecule has 10 heteroatoms. The summed E-state index contributed by atoms with van der Waals surface area (Å²) in [5.74, 6) is 0. The summed E-state index contributed by atoms with van der Waals surface area (Å²) in [7, 11) is -9.89. The first-order chi connectivity index (χ1) is 7.21. The minimum atomic E-state index is -5.04. The van der Waals surface area contributed by atoms with Crippen molar-refractivity contribution in [1.82, 2.24) is 4.98 Å². The Morgan fingerprint density at radius 2 is 2.00 bits per heavy atom. The summed E-state index contributed by atoms with van der Waals surface area (Å²) in [6.45, 7) is 0. The maximum absolute atomic E-state index is 10.9. The molecule has 16 heavy (non-hydrogen) atoms. The third-order valence-corrected chi connectivity index (χ3v) is 4.25. The molecule has 1 aromatic heterocycles. The summed E-state index contributed by atoms with van der Waals surface area (Å²) in [4.78, 5) is 51.0. The van der Waals surface area contributed by atoms with Gasteiger partial charge in [-0.05, 0) is 12.1 Å². The Bertz CT molecular complexity index is 436. The highest BCUT2D eigenvalue weighted by Crippen LogP contribution is 2.60. The molecule has 0 atom stereocenters. The number of aliphatic imine (C=N–C) groups is 1. The van der Waals surface area contributed by atoms with Gasteiger partial charge in [-0.2, -0.15) is 19.7 Å². The number of pyridine rings is 1. The monoisotopic (exact) mass is 267 g/mol. The van der Waals surface area contributed by atoms with Crippen LogP contribution in [0.1, 0.15) is 0 Å². The van der Waals surface area contributed by atoms with Gasteiger partial charge in [0.15, 0.2) is 0 Å². The SMILES string of the molecule is O=P(O)(O)C(=Nc1cccnc1)[P+](O)(O)O. The zero-order valence-electron chi connectivity index (χ0n) is 7.74. The van der Waals surface area contributed by atoms with Crippen LogP contribution in [-0.2, 0) is 4.57 Å². The van der Waals surface area contributed by atoms with Gasteiger partial charge in [0.2, 0.25) is 0 Å². The molecule has 0 aliphatic heterocycles. The smallest absolute Gasteiger partial charge is 0.317 e. The highest BCUT2D eigenvalue weighted by atomic mass is 31.3. The lowest BCUT2D eigenvalue weighted by Crippen LogP contribution is -2.05. The van der Waals surface area contributed by atoms with Crippen LogP contribution in [0.2, 0.25) is 0 Å². The summed E-state index contributed by atoms with van der Waals surface area (Å²) in [6.07, 6.45) is 2.54. The van der Waals surface area contributed by atoms with Gasteiger partial charge in [-0.3, -0.25) is 4.98 Å². The van der Waals surface area contributed by atoms with Crippen molar-refractivity contribution in [3.05, 3.63) is 24.5 Å². The predicted octanol–water partition coefficient (Wildman–Crippen LogP) is -0.0137. The fraction of sp³-hybridized carbons (Fsp3) is 0. The van der Waals surface area contributed by atoms with Crippen LogP contribution < -0.4 is 0 Å². The van der Waals surface area contributed by atoms with E-state index in [1.54, 1.807) is 0 Å². The van der Waals surface area contributed by atoms with E-state index < -0.39 is 20.7 Å². The van der Waals surface area contributed by atoms with Gasteiger partial charge >= 0.3 is 20.7 Å². The summed E-state index contributed by atoms with van der Waals surface area (Å²) < 4.78 is 10.9. The second kappa shape index (κ2) is 4.65. The van der Waals surface area contributed by atoms with Crippen LogP contribution in [0.3, 0.4) is 0 Å². The molecule has 0 spiro atoms. The largest absolute Gasteiger partial charge is 0.469 e. The van der Waals surface area contributed by atoms with Crippen molar-refractivity contribution < 1.29 is 29.0 Å². The van der Waals surface area contributed by atoms with Crippen molar-refractivity contribution in [2.75, 3.05) is 0 Å². The molecule has 0 aliphatic rings. The minimum absolute atomic E-state index is 0.0117. The van der Waals surface area contributed by atoms with Crippen LogP contribution >= 0.6 is 15.5 Å². The quantitative estimate of drug-likeness (QED) is 0.382. The predicted molar refractivity (Wildman–Crippen MR) is 57.0 cm³/mol. The van der Waals surface area contributed by atoms with Crippen LogP contribution in [0, 0.1) is 0 Å². The number of rotatable bonds is 3. The first kappa shape index (κ1) is 13.3. The third-order valence-electron chi connectivity index (χ3n) is 1.40. The fourth-order valence-electron chi connectivity index (χ4n) is 0.842. The lowest BCUT2D eigenvalue weighted by Gasteiger charge is -2.07. The second-order valence-corrected chi connectivity index (χ2v) is 6.16. The van der Waals surface area contributed by atoms with Gasteiger partial charge in [-0.25, -0.2) is 4.57 Å². The molecule has 5 N–H and O–H groups in total. The van der Waals surface area contributed by atoms with Crippen LogP contribution in [0.25, 0.3) is 0 Å². The van der Waals surface area contributed by atoms with Gasteiger partial charge in [0.1, 0.15) is 0 Å². The third kappa shape index (κ3) is 3.70. The molecular formula is C6H9N2O6P2+. The maximum Gasteiger partial charge on any atom is 0.469 e. The van der Waals surface area contributed by atoms with E-state index >= 15 is 0 Å². The second-order valence-electron chi connectivity index (χ2n) is 2.74. The molecule has 0 radical (unpaired) electrons. The molecule has 0 fully saturated rings. The molecule has 0 aromatic carbocycles. The Morgan fingerprint density at radius 3 is 2.38 bits per heavy atom. The number of aromatic nitrogens is 1. The molecule has 1 rings (SSSR count). The van der Waals surface area contributed by atoms with E-state index in [2.05, 4.69) is 9.98 Å². The average molecular weight is 267 g/mol. The minimum Gasteiger partial charge on any atom is -0.317 e. The highest BCUT2D eigenvalue weighted by molar-refractivity contribution is 8.00. The van der Waals surface area contributed by atoms with Gasteiger partial charge in [0.25, 0.3) is 0 Å². The molecule has 0 saturated heterocycles. The Labute approximate surface area is 90.7 Å². The summed E-state index contributed by atoms with van der Waals surface area (Å²) in [5.41, 5.74) is -0.0117. The van der Waals surface area contributed by atoms with Crippen LogP contribution in [-0.4, -0.2) is 34.6 Å². The molecule has 0 saturated carbocycles. The maximum atomic E-state index is 10.9. The van der Waals surface area contributed by atoms with E-state index in [1.165, 1.54) is 18.3 Å². The molecular weight excluding hydrogens is 258 g/mol. The van der Waals surface area contributed by atoms with Gasteiger partial charge in [-0.15, -0.1) is 0 Å². The Kier molecular flexibility index (Phi) is 3.88. The van der Waals surface area contributed by atoms with E-state index in [-0.39, 0.29) is 5.69 Å². The molecule has 1 aromatic rings. The van der Waals surface area contributed by atoms with Crippen LogP contribution in [0.15, 0.2) is 29.5 Å². The molecule has 0 bridgehead atoms. The standard InChI is InChI=1S/C6H8N2O6P2/c9-15(10,11)6(16(12,13)14)8-5-2-1-3-7-4-5/h1-4,9-11H,(H-,12,13,14)/p+1. The summed E-state index contributed by atoms with van der Waals surface area (Å²) in [5, 5.41) is -1.35. The van der Waals surface area contributed by atoms with Gasteiger partial charge in [0.05, 0.1) is 11.9 Å². The topological polar surface area (TPSA) is 143 Å². The van der Waals surface area contributed by atoms with E-state index in [1.807, 2.05) is 0 Å². The Balaban J connectivity index is 3.24. The highest BCUT2D eigenvalue weighted by Gasteiger charge is 2.51. The Morgan fingerprint density at radius 1 is 1.38 bits per heavy atom. The van der Waals surface area contributed by atoms with E-state index in [9.17, 15) is 4.57 Å². The van der Waals surface area contributed by atoms with Gasteiger partial charge < -0.3 is 9.79 Å². The molecule has 0 unspecified atom stereocenters. The van der Waals surface area contributed by atoms with Gasteiger partial charge in [0, 0.05) is 6.20 Å². The average Bonchev–Trinajstić information content (AvgIpc) is 2.12. The zero-order valence-corrected chi connectivity index (χ0v) is 9.53. The summed E-state index contributed by atoms with van der Waals surface area (Å²) >= 11 is 0. The van der Waals surface area contributed by atoms with Gasteiger partial charge in [-0.1, -0.05) is 0 Å². The van der Waals surface area contributed by atoms with Crippen molar-refractivity contribution in [2.45, 2.75) is 0 Å². The molecule has 0 amide bonds. The first-order valence-electron chi connectivity index (χ1n) is 3.84. The van der Waals surface area contributed by atoms with Crippen LogP contribution in [0.5, 0.6) is 0 Å². The number of nitrogens with zero attached hydrogens (tertiary/aromatic N) is 2. The number of hydrogen-bond donors (Lipinski definition) is 5. The van der Waals surface area contributed by atoms with E-state index in [0.717, 1.165) is 6.20 Å². The molecule has 0 aliphatic carbocycles. The normalized spacial score (nSPS) is 13.9. The van der Waals surface area contributed by atoms with Crippen molar-refractivity contribution in [3.63, 3.8) is 0 Å². The van der Waals surface area contributed by atoms with Crippen LogP contribution in [0.4, 0.5) is 5.69 Å². The molecule has 8 nitrogen and oxygen atoms in total. The van der Waals surface area contributed by atoms with Crippen molar-refractivity contribution >= 4 is 26.4 Å². The lowest BCUT2D eigenvalue weighted by molar-refractivity contribution is 0.349.